The first-order chi connectivity index (χ1) is 5.95. The predicted octanol–water partition coefficient (Wildman–Crippen LogP) is -0.762. The van der Waals surface area contributed by atoms with Gasteiger partial charge in [0, 0.05) is 13.3 Å². The van der Waals surface area contributed by atoms with Crippen LogP contribution in [0.1, 0.15) is 20.3 Å². The van der Waals surface area contributed by atoms with Crippen molar-refractivity contribution in [3.8, 4) is 0 Å². The fourth-order valence-electron chi connectivity index (χ4n) is 0.954. The van der Waals surface area contributed by atoms with Crippen molar-refractivity contribution < 1.29 is 19.2 Å². The van der Waals surface area contributed by atoms with E-state index in [9.17, 15) is 19.2 Å². The average Bonchev–Trinajstić information content (AvgIpc) is 2.01. The maximum atomic E-state index is 10.7. The zero-order chi connectivity index (χ0) is 10.5. The standard InChI is InChI=1S/C8H11NO4/c1-6(12)3-8(4-10,5-11)9-7(2)13/h4-5H,3H2,1-2H3,(H,9,13). The minimum Gasteiger partial charge on any atom is -0.338 e. The van der Waals surface area contributed by atoms with E-state index in [0.717, 1.165) is 0 Å². The highest BCUT2D eigenvalue weighted by atomic mass is 16.2. The molecule has 72 valence electrons. The molecule has 0 bridgehead atoms. The summed E-state index contributed by atoms with van der Waals surface area (Å²) in [4.78, 5) is 42.4. The summed E-state index contributed by atoms with van der Waals surface area (Å²) in [6, 6.07) is 0. The number of ketones is 1. The van der Waals surface area contributed by atoms with Crippen molar-refractivity contribution in [2.24, 2.45) is 0 Å². The Bertz CT molecular complexity index is 221. The number of carbonyl (C=O) groups is 4. The van der Waals surface area contributed by atoms with Gasteiger partial charge in [-0.1, -0.05) is 0 Å². The molecule has 0 heterocycles. The van der Waals surface area contributed by atoms with E-state index in [0.29, 0.717) is 0 Å². The van der Waals surface area contributed by atoms with E-state index in [2.05, 4.69) is 5.32 Å². The summed E-state index contributed by atoms with van der Waals surface area (Å²) in [7, 11) is 0. The Balaban J connectivity index is 4.68. The Labute approximate surface area is 75.5 Å². The summed E-state index contributed by atoms with van der Waals surface area (Å²) in [5.41, 5.74) is -1.68. The Morgan fingerprint density at radius 2 is 1.69 bits per heavy atom. The van der Waals surface area contributed by atoms with Gasteiger partial charge in [-0.15, -0.1) is 0 Å². The van der Waals surface area contributed by atoms with Crippen LogP contribution >= 0.6 is 0 Å². The number of carbonyl (C=O) groups excluding carboxylic acids is 4. The van der Waals surface area contributed by atoms with Crippen LogP contribution in [0.3, 0.4) is 0 Å². The first kappa shape index (κ1) is 11.5. The summed E-state index contributed by atoms with van der Waals surface area (Å²) in [6.07, 6.45) is 0.227. The van der Waals surface area contributed by atoms with Crippen molar-refractivity contribution >= 4 is 24.3 Å². The molecular formula is C8H11NO4. The van der Waals surface area contributed by atoms with E-state index >= 15 is 0 Å². The minimum atomic E-state index is -1.68. The molecule has 5 nitrogen and oxygen atoms in total. The number of hydrogen-bond donors (Lipinski definition) is 1. The average molecular weight is 185 g/mol. The summed E-state index contributed by atoms with van der Waals surface area (Å²) in [5, 5.41) is 2.13. The first-order valence-electron chi connectivity index (χ1n) is 3.66. The van der Waals surface area contributed by atoms with Gasteiger partial charge in [0.15, 0.2) is 18.1 Å². The fraction of sp³-hybridized carbons (Fsp3) is 0.500. The normalized spacial score (nSPS) is 10.3. The lowest BCUT2D eigenvalue weighted by atomic mass is 9.97. The molecule has 0 aromatic rings. The number of nitrogens with one attached hydrogen (secondary N) is 1. The van der Waals surface area contributed by atoms with Gasteiger partial charge < -0.3 is 14.9 Å². The first-order valence-corrected chi connectivity index (χ1v) is 3.66. The van der Waals surface area contributed by atoms with Crippen molar-refractivity contribution in [3.63, 3.8) is 0 Å². The summed E-state index contributed by atoms with van der Waals surface area (Å²) >= 11 is 0. The molecule has 0 aromatic heterocycles. The zero-order valence-corrected chi connectivity index (χ0v) is 7.49. The van der Waals surface area contributed by atoms with Crippen LogP contribution in [0.2, 0.25) is 0 Å². The van der Waals surface area contributed by atoms with Crippen LogP contribution in [-0.2, 0) is 19.2 Å². The quantitative estimate of drug-likeness (QED) is 0.451. The van der Waals surface area contributed by atoms with Crippen molar-refractivity contribution in [3.05, 3.63) is 0 Å². The molecule has 0 radical (unpaired) electrons. The molecule has 0 aromatic carbocycles. The Morgan fingerprint density at radius 3 is 1.92 bits per heavy atom. The second kappa shape index (κ2) is 4.49. The van der Waals surface area contributed by atoms with Gasteiger partial charge in [-0.05, 0) is 6.92 Å². The van der Waals surface area contributed by atoms with Crippen molar-refractivity contribution in [1.82, 2.24) is 5.32 Å². The molecule has 0 rings (SSSR count). The number of hydrogen-bond acceptors (Lipinski definition) is 4. The van der Waals surface area contributed by atoms with Gasteiger partial charge in [0.1, 0.15) is 5.78 Å². The molecular weight excluding hydrogens is 174 g/mol. The lowest BCUT2D eigenvalue weighted by Crippen LogP contribution is -2.51. The van der Waals surface area contributed by atoms with Crippen LogP contribution in [0.15, 0.2) is 0 Å². The van der Waals surface area contributed by atoms with Gasteiger partial charge in [0.05, 0.1) is 0 Å². The molecule has 0 fully saturated rings. The Hall–Kier alpha value is -1.52. The Kier molecular flexibility index (Phi) is 3.97. The van der Waals surface area contributed by atoms with Gasteiger partial charge in [-0.25, -0.2) is 0 Å². The molecule has 0 unspecified atom stereocenters. The highest BCUT2D eigenvalue weighted by Crippen LogP contribution is 2.04. The molecule has 0 atom stereocenters. The topological polar surface area (TPSA) is 80.3 Å². The van der Waals surface area contributed by atoms with Crippen molar-refractivity contribution in [2.75, 3.05) is 0 Å². The second-order valence-corrected chi connectivity index (χ2v) is 2.84. The van der Waals surface area contributed by atoms with Crippen LogP contribution < -0.4 is 5.32 Å². The lowest BCUT2D eigenvalue weighted by Gasteiger charge is -2.20. The van der Waals surface area contributed by atoms with Crippen LogP contribution in [0, 0.1) is 0 Å². The van der Waals surface area contributed by atoms with E-state index < -0.39 is 11.4 Å². The van der Waals surface area contributed by atoms with Crippen LogP contribution in [-0.4, -0.2) is 29.8 Å². The number of Topliss-reactive ketones (excluding diaryl/α,β-unsaturated/α-hetero) is 1. The van der Waals surface area contributed by atoms with E-state index in [-0.39, 0.29) is 24.8 Å². The van der Waals surface area contributed by atoms with Crippen molar-refractivity contribution in [1.29, 1.82) is 0 Å². The monoisotopic (exact) mass is 185 g/mol. The summed E-state index contributed by atoms with van der Waals surface area (Å²) in [6.45, 7) is 2.41. The highest BCUT2D eigenvalue weighted by molar-refractivity contribution is 5.99. The zero-order valence-electron chi connectivity index (χ0n) is 7.49. The molecule has 0 aliphatic heterocycles. The smallest absolute Gasteiger partial charge is 0.217 e. The van der Waals surface area contributed by atoms with Crippen LogP contribution in [0.25, 0.3) is 0 Å². The third-order valence-electron chi connectivity index (χ3n) is 1.37. The molecule has 5 heteroatoms. The SMILES string of the molecule is CC(=O)CC(C=O)(C=O)NC(C)=O. The van der Waals surface area contributed by atoms with Gasteiger partial charge in [-0.2, -0.15) is 0 Å². The number of rotatable bonds is 5. The van der Waals surface area contributed by atoms with Crippen molar-refractivity contribution in [2.45, 2.75) is 25.8 Å². The molecule has 0 saturated heterocycles. The Morgan fingerprint density at radius 1 is 1.23 bits per heavy atom. The van der Waals surface area contributed by atoms with E-state index in [4.69, 9.17) is 0 Å². The van der Waals surface area contributed by atoms with E-state index in [1.165, 1.54) is 13.8 Å². The third kappa shape index (κ3) is 3.59. The summed E-state index contributed by atoms with van der Waals surface area (Å²) in [5.74, 6) is -0.867. The fourth-order valence-corrected chi connectivity index (χ4v) is 0.954. The molecule has 0 spiro atoms. The molecule has 1 N–H and O–H groups in total. The van der Waals surface area contributed by atoms with E-state index in [1.807, 2.05) is 0 Å². The minimum absolute atomic E-state index is 0.267. The number of aldehydes is 2. The maximum Gasteiger partial charge on any atom is 0.217 e. The predicted molar refractivity (Wildman–Crippen MR) is 44.0 cm³/mol. The lowest BCUT2D eigenvalue weighted by molar-refractivity contribution is -0.133. The molecule has 0 saturated carbocycles. The molecule has 0 aliphatic rings. The van der Waals surface area contributed by atoms with Crippen LogP contribution in [0.5, 0.6) is 0 Å². The van der Waals surface area contributed by atoms with Gasteiger partial charge in [0.2, 0.25) is 5.91 Å². The molecule has 1 amide bonds. The van der Waals surface area contributed by atoms with Gasteiger partial charge in [0.25, 0.3) is 0 Å². The van der Waals surface area contributed by atoms with Gasteiger partial charge in [-0.3, -0.25) is 9.59 Å². The highest BCUT2D eigenvalue weighted by Gasteiger charge is 2.31. The maximum absolute atomic E-state index is 10.7. The molecule has 13 heavy (non-hydrogen) atoms. The number of amides is 1. The van der Waals surface area contributed by atoms with E-state index in [1.54, 1.807) is 0 Å². The summed E-state index contributed by atoms with van der Waals surface area (Å²) < 4.78 is 0. The molecule has 0 aliphatic carbocycles. The second-order valence-electron chi connectivity index (χ2n) is 2.84. The largest absolute Gasteiger partial charge is 0.338 e. The van der Waals surface area contributed by atoms with Crippen LogP contribution in [0.4, 0.5) is 0 Å². The third-order valence-corrected chi connectivity index (χ3v) is 1.37. The van der Waals surface area contributed by atoms with Gasteiger partial charge >= 0.3 is 0 Å².